The Morgan fingerprint density at radius 3 is 2.33 bits per heavy atom. The fourth-order valence-electron chi connectivity index (χ4n) is 0.550. The predicted molar refractivity (Wildman–Crippen MR) is 35.8 cm³/mol. The van der Waals surface area contributed by atoms with E-state index in [1.807, 2.05) is 0 Å². The number of aliphatic hydroxyl groups is 1. The first-order chi connectivity index (χ1) is 4.16. The normalized spacial score (nSPS) is 13.8. The summed E-state index contributed by atoms with van der Waals surface area (Å²) in [5.74, 6) is 0.549. The van der Waals surface area contributed by atoms with Crippen LogP contribution in [0, 0.1) is 5.92 Å². The van der Waals surface area contributed by atoms with Gasteiger partial charge < -0.3 is 5.11 Å². The molecule has 53 valence electrons. The Hall–Kier alpha value is -0.370. The van der Waals surface area contributed by atoms with Crippen molar-refractivity contribution in [1.29, 1.82) is 0 Å². The minimum atomic E-state index is -0.868. The molecule has 0 aromatic heterocycles. The lowest BCUT2D eigenvalue weighted by Crippen LogP contribution is -2.08. The highest BCUT2D eigenvalue weighted by Crippen LogP contribution is 2.04. The Balaban J connectivity index is 3.16. The largest absolute Gasteiger partial charge is 0.385 e. The standard InChI is InChI=1S/C7H13O2/c1-6(2)3-4-7(9)5-8/h6-7,9H,3-4H2,1-2H3. The van der Waals surface area contributed by atoms with E-state index >= 15 is 0 Å². The number of hydrogen-bond acceptors (Lipinski definition) is 2. The minimum Gasteiger partial charge on any atom is -0.385 e. The molecule has 1 unspecified atom stereocenters. The van der Waals surface area contributed by atoms with Gasteiger partial charge in [0.15, 0.2) is 0 Å². The van der Waals surface area contributed by atoms with E-state index < -0.39 is 6.10 Å². The average molecular weight is 129 g/mol. The summed E-state index contributed by atoms with van der Waals surface area (Å²) in [6, 6.07) is 0. The zero-order valence-electron chi connectivity index (χ0n) is 5.92. The molecule has 0 spiro atoms. The van der Waals surface area contributed by atoms with Gasteiger partial charge in [0.1, 0.15) is 6.10 Å². The summed E-state index contributed by atoms with van der Waals surface area (Å²) in [5, 5.41) is 8.68. The lowest BCUT2D eigenvalue weighted by Gasteiger charge is -2.03. The maximum absolute atomic E-state index is 9.74. The molecule has 0 aliphatic heterocycles. The van der Waals surface area contributed by atoms with Gasteiger partial charge in [-0.1, -0.05) is 13.8 Å². The van der Waals surface area contributed by atoms with E-state index in [2.05, 4.69) is 13.8 Å². The van der Waals surface area contributed by atoms with Crippen LogP contribution < -0.4 is 0 Å². The smallest absolute Gasteiger partial charge is 0.229 e. The highest BCUT2D eigenvalue weighted by molar-refractivity contribution is 5.56. The highest BCUT2D eigenvalue weighted by atomic mass is 16.3. The van der Waals surface area contributed by atoms with Crippen molar-refractivity contribution in [3.05, 3.63) is 0 Å². The average Bonchev–Trinajstić information content (AvgIpc) is 1.83. The van der Waals surface area contributed by atoms with Crippen molar-refractivity contribution in [3.8, 4) is 0 Å². The molecule has 1 N–H and O–H groups in total. The monoisotopic (exact) mass is 129 g/mol. The van der Waals surface area contributed by atoms with E-state index in [0.29, 0.717) is 12.3 Å². The van der Waals surface area contributed by atoms with E-state index in [9.17, 15) is 4.79 Å². The number of hydrogen-bond donors (Lipinski definition) is 1. The van der Waals surface area contributed by atoms with Crippen LogP contribution in [0.3, 0.4) is 0 Å². The molecular formula is C7H13O2. The van der Waals surface area contributed by atoms with Crippen molar-refractivity contribution >= 4 is 6.29 Å². The van der Waals surface area contributed by atoms with Crippen LogP contribution in [0.5, 0.6) is 0 Å². The second-order valence-corrected chi connectivity index (χ2v) is 2.60. The molecule has 0 aliphatic carbocycles. The van der Waals surface area contributed by atoms with E-state index in [0.717, 1.165) is 6.42 Å². The van der Waals surface area contributed by atoms with Crippen LogP contribution in [-0.2, 0) is 4.79 Å². The van der Waals surface area contributed by atoms with Crippen molar-refractivity contribution in [1.82, 2.24) is 0 Å². The van der Waals surface area contributed by atoms with Crippen molar-refractivity contribution in [2.75, 3.05) is 0 Å². The third-order valence-corrected chi connectivity index (χ3v) is 1.15. The molecule has 1 radical (unpaired) electrons. The van der Waals surface area contributed by atoms with Crippen LogP contribution in [0.15, 0.2) is 0 Å². The summed E-state index contributed by atoms with van der Waals surface area (Å²) < 4.78 is 0. The summed E-state index contributed by atoms with van der Waals surface area (Å²) in [6.07, 6.45) is 2.09. The molecule has 0 aliphatic rings. The lowest BCUT2D eigenvalue weighted by atomic mass is 10.1. The molecule has 9 heavy (non-hydrogen) atoms. The fourth-order valence-corrected chi connectivity index (χ4v) is 0.550. The molecule has 2 heteroatoms. The van der Waals surface area contributed by atoms with Gasteiger partial charge in [0.2, 0.25) is 6.29 Å². The van der Waals surface area contributed by atoms with Crippen LogP contribution in [0.4, 0.5) is 0 Å². The maximum atomic E-state index is 9.74. The summed E-state index contributed by atoms with van der Waals surface area (Å²) in [6.45, 7) is 4.11. The molecule has 0 bridgehead atoms. The fraction of sp³-hybridized carbons (Fsp3) is 0.857. The van der Waals surface area contributed by atoms with Gasteiger partial charge in [-0.2, -0.15) is 0 Å². The third kappa shape index (κ3) is 5.50. The molecule has 0 saturated carbocycles. The van der Waals surface area contributed by atoms with Gasteiger partial charge in [-0.3, -0.25) is 4.79 Å². The summed E-state index contributed by atoms with van der Waals surface area (Å²) in [5.41, 5.74) is 0. The molecular weight excluding hydrogens is 116 g/mol. The van der Waals surface area contributed by atoms with Gasteiger partial charge >= 0.3 is 0 Å². The number of rotatable bonds is 4. The van der Waals surface area contributed by atoms with Crippen LogP contribution in [-0.4, -0.2) is 17.5 Å². The van der Waals surface area contributed by atoms with Gasteiger partial charge in [0.25, 0.3) is 0 Å². The first kappa shape index (κ1) is 8.63. The number of aliphatic hydroxyl groups excluding tert-OH is 1. The van der Waals surface area contributed by atoms with E-state index in [1.165, 1.54) is 6.29 Å². The first-order valence-corrected chi connectivity index (χ1v) is 3.22. The maximum Gasteiger partial charge on any atom is 0.229 e. The van der Waals surface area contributed by atoms with E-state index in [1.54, 1.807) is 0 Å². The van der Waals surface area contributed by atoms with Crippen LogP contribution in [0.1, 0.15) is 26.7 Å². The summed E-state index contributed by atoms with van der Waals surface area (Å²) in [7, 11) is 0. The van der Waals surface area contributed by atoms with Crippen molar-refractivity contribution < 1.29 is 9.90 Å². The van der Waals surface area contributed by atoms with Gasteiger partial charge in [-0.25, -0.2) is 0 Å². The van der Waals surface area contributed by atoms with Crippen molar-refractivity contribution in [2.45, 2.75) is 32.8 Å². The van der Waals surface area contributed by atoms with Crippen molar-refractivity contribution in [3.63, 3.8) is 0 Å². The minimum absolute atomic E-state index is 0.543. The molecule has 0 rings (SSSR count). The molecule has 0 heterocycles. The quantitative estimate of drug-likeness (QED) is 0.612. The zero-order chi connectivity index (χ0) is 7.28. The lowest BCUT2D eigenvalue weighted by molar-refractivity contribution is 0.215. The third-order valence-electron chi connectivity index (χ3n) is 1.15. The Bertz CT molecular complexity index is 79.0. The Kier molecular flexibility index (Phi) is 4.32. The highest BCUT2D eigenvalue weighted by Gasteiger charge is 2.02. The molecule has 0 saturated heterocycles. The topological polar surface area (TPSA) is 37.3 Å². The van der Waals surface area contributed by atoms with Gasteiger partial charge in [-0.15, -0.1) is 0 Å². The van der Waals surface area contributed by atoms with Gasteiger partial charge in [-0.05, 0) is 18.8 Å². The van der Waals surface area contributed by atoms with E-state index in [-0.39, 0.29) is 0 Å². The molecule has 0 aromatic rings. The zero-order valence-corrected chi connectivity index (χ0v) is 5.92. The van der Waals surface area contributed by atoms with Gasteiger partial charge in [0.05, 0.1) is 0 Å². The number of carbonyl (C=O) groups excluding carboxylic acids is 1. The first-order valence-electron chi connectivity index (χ1n) is 3.22. The second kappa shape index (κ2) is 4.50. The molecule has 0 fully saturated rings. The Labute approximate surface area is 55.9 Å². The van der Waals surface area contributed by atoms with Gasteiger partial charge in [0, 0.05) is 0 Å². The summed E-state index contributed by atoms with van der Waals surface area (Å²) in [4.78, 5) is 9.74. The molecule has 1 atom stereocenters. The molecule has 2 nitrogen and oxygen atoms in total. The Morgan fingerprint density at radius 2 is 2.00 bits per heavy atom. The predicted octanol–water partition coefficient (Wildman–Crippen LogP) is 0.893. The Morgan fingerprint density at radius 1 is 1.44 bits per heavy atom. The molecule has 0 amide bonds. The van der Waals surface area contributed by atoms with Crippen molar-refractivity contribution in [2.24, 2.45) is 5.92 Å². The SMILES string of the molecule is CC(C)CCC(O)[C]=O. The summed E-state index contributed by atoms with van der Waals surface area (Å²) >= 11 is 0. The van der Waals surface area contributed by atoms with Crippen LogP contribution >= 0.6 is 0 Å². The van der Waals surface area contributed by atoms with Crippen LogP contribution in [0.25, 0.3) is 0 Å². The van der Waals surface area contributed by atoms with Crippen LogP contribution in [0.2, 0.25) is 0 Å². The molecule has 0 aromatic carbocycles. The second-order valence-electron chi connectivity index (χ2n) is 2.60. The van der Waals surface area contributed by atoms with E-state index in [4.69, 9.17) is 5.11 Å².